The maximum absolute atomic E-state index is 15.9. The van der Waals surface area contributed by atoms with Crippen molar-refractivity contribution in [2.45, 2.75) is 58.2 Å². The van der Waals surface area contributed by atoms with Gasteiger partial charge in [-0.15, -0.1) is 0 Å². The smallest absolute Gasteiger partial charge is 0.372 e. The molecule has 0 radical (unpaired) electrons. The van der Waals surface area contributed by atoms with E-state index in [1.807, 2.05) is 44.5 Å². The summed E-state index contributed by atoms with van der Waals surface area (Å²) < 4.78 is 64.2. The molecule has 2 aliphatic rings. The number of alkyl halides is 3. The van der Waals surface area contributed by atoms with E-state index in [-0.39, 0.29) is 35.5 Å². The summed E-state index contributed by atoms with van der Waals surface area (Å²) in [6.45, 7) is 10.1. The standard InChI is InChI=1S/C31H37F4N7O3/c1-17-12-41(13-18(2)40(17)6)27-9-25(32)22(21-10-36-30(37-11-21)42-14-19(3)45-20(4)15-42)7-26(27)38-29(44)23-16-39(5)28(43)8-24(23)31(33,34)35/h7-11,16-20H,12-15H2,1-6H3,(H,38,44)/t17-,18+,19-,20+. The number of hydrogen-bond donors (Lipinski definition) is 1. The molecule has 45 heavy (non-hydrogen) atoms. The number of piperazine rings is 1. The van der Waals surface area contributed by atoms with Gasteiger partial charge in [-0.3, -0.25) is 14.5 Å². The third-order valence-electron chi connectivity index (χ3n) is 8.46. The molecule has 4 heterocycles. The molecule has 3 aromatic rings. The van der Waals surface area contributed by atoms with E-state index in [1.54, 1.807) is 0 Å². The Morgan fingerprint density at radius 3 is 2.11 bits per heavy atom. The van der Waals surface area contributed by atoms with E-state index in [0.29, 0.717) is 49.4 Å². The molecule has 10 nitrogen and oxygen atoms in total. The zero-order valence-electron chi connectivity index (χ0n) is 26.0. The molecular formula is C31H37F4N7O3. The highest BCUT2D eigenvalue weighted by atomic mass is 19.4. The summed E-state index contributed by atoms with van der Waals surface area (Å²) in [6, 6.07) is 3.22. The van der Waals surface area contributed by atoms with Crippen LogP contribution in [0.3, 0.4) is 0 Å². The molecule has 4 atom stereocenters. The molecule has 2 aromatic heterocycles. The van der Waals surface area contributed by atoms with E-state index in [0.717, 1.165) is 10.8 Å². The van der Waals surface area contributed by atoms with Crippen LogP contribution in [-0.2, 0) is 18.0 Å². The summed E-state index contributed by atoms with van der Waals surface area (Å²) in [6.07, 6.45) is -1.17. The third kappa shape index (κ3) is 6.81. The van der Waals surface area contributed by atoms with Crippen LogP contribution in [0.15, 0.2) is 41.6 Å². The number of anilines is 3. The number of nitrogens with one attached hydrogen (secondary N) is 1. The predicted molar refractivity (Wildman–Crippen MR) is 163 cm³/mol. The summed E-state index contributed by atoms with van der Waals surface area (Å²) in [7, 11) is 3.24. The van der Waals surface area contributed by atoms with Crippen molar-refractivity contribution in [3.8, 4) is 11.1 Å². The van der Waals surface area contributed by atoms with Crippen LogP contribution in [0.25, 0.3) is 11.1 Å². The molecule has 1 amide bonds. The van der Waals surface area contributed by atoms with Crippen LogP contribution in [-0.4, -0.2) is 82.9 Å². The van der Waals surface area contributed by atoms with Crippen LogP contribution in [0.2, 0.25) is 0 Å². The van der Waals surface area contributed by atoms with Crippen molar-refractivity contribution in [3.63, 3.8) is 0 Å². The molecule has 14 heteroatoms. The average Bonchev–Trinajstić information content (AvgIpc) is 2.96. The summed E-state index contributed by atoms with van der Waals surface area (Å²) in [5, 5.41) is 2.60. The van der Waals surface area contributed by atoms with Crippen molar-refractivity contribution >= 4 is 23.2 Å². The average molecular weight is 632 g/mol. The lowest BCUT2D eigenvalue weighted by Crippen LogP contribution is -2.55. The Labute approximate surface area is 258 Å². The molecule has 1 aromatic carbocycles. The number of nitrogens with zero attached hydrogens (tertiary/aromatic N) is 6. The number of carbonyl (C=O) groups excluding carboxylic acids is 1. The number of halogens is 4. The third-order valence-corrected chi connectivity index (χ3v) is 8.46. The Morgan fingerprint density at radius 2 is 1.53 bits per heavy atom. The molecule has 1 N–H and O–H groups in total. The van der Waals surface area contributed by atoms with Gasteiger partial charge in [-0.1, -0.05) is 0 Å². The summed E-state index contributed by atoms with van der Waals surface area (Å²) >= 11 is 0. The fourth-order valence-electron chi connectivity index (χ4n) is 5.95. The molecule has 0 spiro atoms. The quantitative estimate of drug-likeness (QED) is 0.415. The SMILES string of the molecule is C[C@@H]1CN(c2ncc(-c3cc(NC(=O)c4cn(C)c(=O)cc4C(F)(F)F)c(N4C[C@@H](C)N(C)[C@@H](C)C4)cc3F)cn2)C[C@H](C)O1. The Hall–Kier alpha value is -4.04. The van der Waals surface area contributed by atoms with E-state index in [9.17, 15) is 22.8 Å². The molecule has 0 bridgehead atoms. The second kappa shape index (κ2) is 12.4. The zero-order chi connectivity index (χ0) is 32.8. The number of amides is 1. The first-order chi connectivity index (χ1) is 21.1. The maximum atomic E-state index is 15.9. The topological polar surface area (TPSA) is 95.8 Å². The fourth-order valence-corrected chi connectivity index (χ4v) is 5.95. The first-order valence-electron chi connectivity index (χ1n) is 14.7. The highest BCUT2D eigenvalue weighted by Gasteiger charge is 2.37. The minimum absolute atomic E-state index is 0.0157. The second-order valence-electron chi connectivity index (χ2n) is 12.1. The van der Waals surface area contributed by atoms with E-state index in [4.69, 9.17) is 4.74 Å². The highest BCUT2D eigenvalue weighted by Crippen LogP contribution is 2.37. The van der Waals surface area contributed by atoms with Crippen molar-refractivity contribution < 1.29 is 27.1 Å². The van der Waals surface area contributed by atoms with Crippen LogP contribution in [0, 0.1) is 5.82 Å². The number of aryl methyl sites for hydroxylation is 1. The minimum Gasteiger partial charge on any atom is -0.372 e. The highest BCUT2D eigenvalue weighted by molar-refractivity contribution is 6.07. The van der Waals surface area contributed by atoms with Gasteiger partial charge in [0.05, 0.1) is 34.7 Å². The van der Waals surface area contributed by atoms with Crippen molar-refractivity contribution in [2.24, 2.45) is 7.05 Å². The lowest BCUT2D eigenvalue weighted by Gasteiger charge is -2.44. The van der Waals surface area contributed by atoms with Gasteiger partial charge < -0.3 is 24.4 Å². The monoisotopic (exact) mass is 631 g/mol. The summed E-state index contributed by atoms with van der Waals surface area (Å²) in [5.74, 6) is -1.24. The van der Waals surface area contributed by atoms with Crippen LogP contribution >= 0.6 is 0 Å². The van der Waals surface area contributed by atoms with Gasteiger partial charge in [0.1, 0.15) is 5.82 Å². The molecule has 0 aliphatic carbocycles. The second-order valence-corrected chi connectivity index (χ2v) is 12.1. The van der Waals surface area contributed by atoms with Gasteiger partial charge in [-0.2, -0.15) is 13.2 Å². The zero-order valence-corrected chi connectivity index (χ0v) is 26.0. The Kier molecular flexibility index (Phi) is 8.91. The van der Waals surface area contributed by atoms with Gasteiger partial charge in [0.15, 0.2) is 0 Å². The van der Waals surface area contributed by atoms with E-state index in [1.165, 1.54) is 31.6 Å². The molecule has 2 saturated heterocycles. The molecule has 5 rings (SSSR count). The number of benzene rings is 1. The molecule has 2 aliphatic heterocycles. The molecular weight excluding hydrogens is 594 g/mol. The molecule has 0 unspecified atom stereocenters. The van der Waals surface area contributed by atoms with Crippen molar-refractivity contribution in [3.05, 3.63) is 64.1 Å². The van der Waals surface area contributed by atoms with E-state index < -0.39 is 34.6 Å². The Morgan fingerprint density at radius 1 is 0.933 bits per heavy atom. The number of likely N-dealkylation sites (N-methyl/N-ethyl adjacent to an activating group) is 1. The van der Waals surface area contributed by atoms with Crippen molar-refractivity contribution in [1.82, 2.24) is 19.4 Å². The Bertz CT molecular complexity index is 1610. The van der Waals surface area contributed by atoms with Crippen LogP contribution < -0.4 is 20.7 Å². The van der Waals surface area contributed by atoms with Crippen LogP contribution in [0.4, 0.5) is 34.9 Å². The van der Waals surface area contributed by atoms with Gasteiger partial charge in [-0.05, 0) is 46.9 Å². The number of pyridine rings is 1. The normalized spacial score (nSPS) is 22.9. The number of morpholine rings is 1. The lowest BCUT2D eigenvalue weighted by atomic mass is 10.0. The number of ether oxygens (including phenoxy) is 1. The van der Waals surface area contributed by atoms with Crippen molar-refractivity contribution in [1.29, 1.82) is 0 Å². The fraction of sp³-hybridized carbons (Fsp3) is 0.484. The number of carbonyl (C=O) groups is 1. The predicted octanol–water partition coefficient (Wildman–Crippen LogP) is 4.39. The largest absolute Gasteiger partial charge is 0.417 e. The summed E-state index contributed by atoms with van der Waals surface area (Å²) in [5.41, 5.74) is -2.17. The van der Waals surface area contributed by atoms with Gasteiger partial charge >= 0.3 is 6.18 Å². The van der Waals surface area contributed by atoms with Crippen LogP contribution in [0.5, 0.6) is 0 Å². The number of rotatable bonds is 5. The van der Waals surface area contributed by atoms with Gasteiger partial charge in [-0.25, -0.2) is 14.4 Å². The maximum Gasteiger partial charge on any atom is 0.417 e. The first-order valence-corrected chi connectivity index (χ1v) is 14.7. The Balaban J connectivity index is 1.55. The molecule has 242 valence electrons. The minimum atomic E-state index is -4.95. The number of hydrogen-bond acceptors (Lipinski definition) is 8. The molecule has 2 fully saturated rings. The summed E-state index contributed by atoms with van der Waals surface area (Å²) in [4.78, 5) is 40.5. The van der Waals surface area contributed by atoms with Crippen molar-refractivity contribution in [2.75, 3.05) is 48.3 Å². The van der Waals surface area contributed by atoms with Gasteiger partial charge in [0.25, 0.3) is 11.5 Å². The van der Waals surface area contributed by atoms with E-state index >= 15 is 4.39 Å². The lowest BCUT2D eigenvalue weighted by molar-refractivity contribution is -0.138. The molecule has 0 saturated carbocycles. The van der Waals surface area contributed by atoms with E-state index in [2.05, 4.69) is 20.2 Å². The first kappa shape index (κ1) is 32.4. The van der Waals surface area contributed by atoms with Gasteiger partial charge in [0.2, 0.25) is 5.95 Å². The van der Waals surface area contributed by atoms with Gasteiger partial charge in [0, 0.05) is 81.1 Å². The van der Waals surface area contributed by atoms with Crippen LogP contribution in [0.1, 0.15) is 43.6 Å². The number of aromatic nitrogens is 3.